The number of allylic oxidation sites excluding steroid dienone is 1. The predicted molar refractivity (Wildman–Crippen MR) is 166 cm³/mol. The SMILES string of the molecule is C/C=C(\C=C(/C)CNN(CC1(CCC=O)OCCO1)C(=O)Cc1ccc(-c2ccc(SC(C)C)cc2)cc1)C(=N)N. The number of nitrogens with one attached hydrogen (secondary N) is 2. The van der Waals surface area contributed by atoms with E-state index in [4.69, 9.17) is 20.6 Å². The zero-order valence-electron chi connectivity index (χ0n) is 24.4. The molecule has 1 fully saturated rings. The zero-order chi connectivity index (χ0) is 29.8. The molecule has 3 rings (SSSR count). The Morgan fingerprint density at radius 3 is 2.27 bits per heavy atom. The van der Waals surface area contributed by atoms with Gasteiger partial charge >= 0.3 is 0 Å². The maximum Gasteiger partial charge on any atom is 0.241 e. The first-order valence-electron chi connectivity index (χ1n) is 13.9. The molecular weight excluding hydrogens is 536 g/mol. The molecule has 1 amide bonds. The van der Waals surface area contributed by atoms with Crippen LogP contribution in [0.2, 0.25) is 0 Å². The number of nitrogens with zero attached hydrogens (tertiary/aromatic N) is 1. The fourth-order valence-corrected chi connectivity index (χ4v) is 5.34. The maximum atomic E-state index is 13.6. The van der Waals surface area contributed by atoms with Crippen LogP contribution in [0.1, 0.15) is 46.1 Å². The van der Waals surface area contributed by atoms with Gasteiger partial charge in [0.15, 0.2) is 5.79 Å². The summed E-state index contributed by atoms with van der Waals surface area (Å²) >= 11 is 1.84. The number of amidine groups is 1. The number of amides is 1. The minimum atomic E-state index is -1.04. The molecule has 0 saturated carbocycles. The van der Waals surface area contributed by atoms with Crippen LogP contribution < -0.4 is 11.2 Å². The molecule has 4 N–H and O–H groups in total. The van der Waals surface area contributed by atoms with Gasteiger partial charge in [-0.3, -0.25) is 15.2 Å². The van der Waals surface area contributed by atoms with E-state index < -0.39 is 5.79 Å². The van der Waals surface area contributed by atoms with Crippen molar-refractivity contribution in [2.75, 3.05) is 26.3 Å². The van der Waals surface area contributed by atoms with Gasteiger partial charge in [0.2, 0.25) is 5.91 Å². The molecule has 0 aromatic heterocycles. The van der Waals surface area contributed by atoms with Crippen molar-refractivity contribution in [1.29, 1.82) is 5.41 Å². The van der Waals surface area contributed by atoms with Gasteiger partial charge in [-0.2, -0.15) is 0 Å². The summed E-state index contributed by atoms with van der Waals surface area (Å²) in [6, 6.07) is 16.5. The molecule has 8 nitrogen and oxygen atoms in total. The van der Waals surface area contributed by atoms with E-state index in [9.17, 15) is 9.59 Å². The quantitative estimate of drug-likeness (QED) is 0.0657. The van der Waals surface area contributed by atoms with Gasteiger partial charge in [-0.05, 0) is 42.7 Å². The second-order valence-electron chi connectivity index (χ2n) is 10.3. The summed E-state index contributed by atoms with van der Waals surface area (Å²) in [6.07, 6.45) is 5.21. The molecular formula is C32H42N4O4S. The van der Waals surface area contributed by atoms with Crippen molar-refractivity contribution < 1.29 is 19.1 Å². The molecule has 0 unspecified atom stereocenters. The first-order valence-corrected chi connectivity index (χ1v) is 14.8. The number of carbonyl (C=O) groups excluding carboxylic acids is 2. The van der Waals surface area contributed by atoms with E-state index in [2.05, 4.69) is 43.5 Å². The van der Waals surface area contributed by atoms with E-state index in [0.717, 1.165) is 28.5 Å². The topological polar surface area (TPSA) is 118 Å². The number of hydrogen-bond acceptors (Lipinski definition) is 7. The number of rotatable bonds is 15. The van der Waals surface area contributed by atoms with Crippen LogP contribution in [0.25, 0.3) is 11.1 Å². The Kier molecular flexibility index (Phi) is 12.3. The molecule has 2 aromatic rings. The van der Waals surface area contributed by atoms with Crippen molar-refractivity contribution in [2.24, 2.45) is 5.73 Å². The standard InChI is InChI=1S/C32H42N4O4S/c1-5-26(31(33)34)19-24(4)21-35-36(22-32(15-6-16-37)39-17-18-40-32)30(38)20-25-7-9-27(10-8-25)28-11-13-29(14-12-28)41-23(2)3/h5,7-14,16,19,23,35H,6,15,17-18,20-22H2,1-4H3,(H3,33,34)/b24-19+,26-5+. The minimum Gasteiger partial charge on any atom is -0.384 e. The predicted octanol–water partition coefficient (Wildman–Crippen LogP) is 5.28. The summed E-state index contributed by atoms with van der Waals surface area (Å²) in [5, 5.41) is 9.77. The smallest absolute Gasteiger partial charge is 0.241 e. The van der Waals surface area contributed by atoms with E-state index in [1.807, 2.05) is 56.0 Å². The van der Waals surface area contributed by atoms with Crippen molar-refractivity contribution in [2.45, 2.75) is 62.9 Å². The Morgan fingerprint density at radius 1 is 1.12 bits per heavy atom. The van der Waals surface area contributed by atoms with Crippen LogP contribution in [0.5, 0.6) is 0 Å². The van der Waals surface area contributed by atoms with Gasteiger partial charge in [0.05, 0.1) is 26.2 Å². The lowest BCUT2D eigenvalue weighted by molar-refractivity contribution is -0.185. The van der Waals surface area contributed by atoms with E-state index in [0.29, 0.717) is 37.0 Å². The molecule has 0 aliphatic carbocycles. The van der Waals surface area contributed by atoms with Gasteiger partial charge in [0.1, 0.15) is 12.1 Å². The molecule has 1 saturated heterocycles. The molecule has 2 aromatic carbocycles. The first-order chi connectivity index (χ1) is 19.6. The van der Waals surface area contributed by atoms with Gasteiger partial charge in [-0.1, -0.05) is 68.0 Å². The molecule has 1 aliphatic heterocycles. The van der Waals surface area contributed by atoms with Gasteiger partial charge < -0.3 is 20.0 Å². The van der Waals surface area contributed by atoms with Crippen molar-refractivity contribution in [3.8, 4) is 11.1 Å². The normalized spacial score (nSPS) is 15.2. The van der Waals surface area contributed by atoms with E-state index in [-0.39, 0.29) is 31.1 Å². The van der Waals surface area contributed by atoms with Crippen LogP contribution in [0.4, 0.5) is 0 Å². The molecule has 9 heteroatoms. The molecule has 1 aliphatic rings. The van der Waals surface area contributed by atoms with Crippen LogP contribution in [-0.2, 0) is 25.5 Å². The van der Waals surface area contributed by atoms with E-state index in [1.54, 1.807) is 6.08 Å². The van der Waals surface area contributed by atoms with E-state index >= 15 is 0 Å². The van der Waals surface area contributed by atoms with Crippen molar-refractivity contribution in [3.05, 3.63) is 77.4 Å². The maximum absolute atomic E-state index is 13.6. The summed E-state index contributed by atoms with van der Waals surface area (Å²) < 4.78 is 11.8. The molecule has 41 heavy (non-hydrogen) atoms. The zero-order valence-corrected chi connectivity index (χ0v) is 25.3. The third-order valence-electron chi connectivity index (χ3n) is 6.60. The fourth-order valence-electron chi connectivity index (χ4n) is 4.50. The van der Waals surface area contributed by atoms with Gasteiger partial charge in [-0.15, -0.1) is 11.8 Å². The third-order valence-corrected chi connectivity index (χ3v) is 7.61. The van der Waals surface area contributed by atoms with E-state index in [1.165, 1.54) is 9.90 Å². The van der Waals surface area contributed by atoms with Gasteiger partial charge in [0.25, 0.3) is 0 Å². The second-order valence-corrected chi connectivity index (χ2v) is 12.0. The van der Waals surface area contributed by atoms with Crippen LogP contribution in [0.15, 0.2) is 76.7 Å². The highest BCUT2D eigenvalue weighted by Crippen LogP contribution is 2.28. The highest BCUT2D eigenvalue weighted by Gasteiger charge is 2.39. The summed E-state index contributed by atoms with van der Waals surface area (Å²) in [5.74, 6) is -1.21. The lowest BCUT2D eigenvalue weighted by Crippen LogP contribution is -2.53. The summed E-state index contributed by atoms with van der Waals surface area (Å²) in [5.41, 5.74) is 13.5. The van der Waals surface area contributed by atoms with Crippen molar-refractivity contribution in [3.63, 3.8) is 0 Å². The van der Waals surface area contributed by atoms with Crippen LogP contribution >= 0.6 is 11.8 Å². The number of ether oxygens (including phenoxy) is 2. The third kappa shape index (κ3) is 9.97. The van der Waals surface area contributed by atoms with Crippen molar-refractivity contribution in [1.82, 2.24) is 10.4 Å². The highest BCUT2D eigenvalue weighted by molar-refractivity contribution is 7.99. The summed E-state index contributed by atoms with van der Waals surface area (Å²) in [7, 11) is 0. The molecule has 1 heterocycles. The molecule has 0 spiro atoms. The number of thioether (sulfide) groups is 1. The van der Waals surface area contributed by atoms with Crippen molar-refractivity contribution >= 4 is 29.8 Å². The summed E-state index contributed by atoms with van der Waals surface area (Å²) in [6.45, 7) is 9.38. The van der Waals surface area contributed by atoms with Gasteiger partial charge in [-0.25, -0.2) is 5.43 Å². The minimum absolute atomic E-state index is 0.0193. The number of hydrazine groups is 1. The lowest BCUT2D eigenvalue weighted by atomic mass is 10.0. The molecule has 0 bridgehead atoms. The Labute approximate surface area is 247 Å². The monoisotopic (exact) mass is 578 g/mol. The number of nitrogens with two attached hydrogens (primary N) is 1. The average Bonchev–Trinajstić information content (AvgIpc) is 3.41. The largest absolute Gasteiger partial charge is 0.384 e. The average molecular weight is 579 g/mol. The Balaban J connectivity index is 1.74. The number of benzene rings is 2. The van der Waals surface area contributed by atoms with Crippen LogP contribution in [0.3, 0.4) is 0 Å². The first kappa shape index (κ1) is 32.3. The lowest BCUT2D eigenvalue weighted by Gasteiger charge is -2.34. The molecule has 220 valence electrons. The number of hydrogen-bond donors (Lipinski definition) is 3. The fraction of sp³-hybridized carbons (Fsp3) is 0.406. The summed E-state index contributed by atoms with van der Waals surface area (Å²) in [4.78, 5) is 25.9. The van der Waals surface area contributed by atoms with Crippen LogP contribution in [-0.4, -0.2) is 60.4 Å². The number of carbonyl (C=O) groups is 2. The van der Waals surface area contributed by atoms with Gasteiger partial charge in [0, 0.05) is 35.1 Å². The molecule has 0 atom stereocenters. The Hall–Kier alpha value is -3.24. The number of aldehydes is 1. The van der Waals surface area contributed by atoms with Crippen LogP contribution in [0, 0.1) is 5.41 Å². The highest BCUT2D eigenvalue weighted by atomic mass is 32.2. The Bertz CT molecular complexity index is 1230. The Morgan fingerprint density at radius 2 is 1.73 bits per heavy atom. The second kappa shape index (κ2) is 15.7. The molecule has 0 radical (unpaired) electrons.